The third-order valence-corrected chi connectivity index (χ3v) is 4.96. The van der Waals surface area contributed by atoms with E-state index in [2.05, 4.69) is 91.9 Å². The Bertz CT molecular complexity index is 1050. The maximum Gasteiger partial charge on any atom is 0.0715 e. The van der Waals surface area contributed by atoms with Crippen molar-refractivity contribution in [3.05, 3.63) is 102 Å². The van der Waals surface area contributed by atoms with Crippen molar-refractivity contribution in [1.82, 2.24) is 4.98 Å². The van der Waals surface area contributed by atoms with Gasteiger partial charge in [0.05, 0.1) is 11.4 Å². The van der Waals surface area contributed by atoms with Crippen LogP contribution >= 0.6 is 0 Å². The predicted octanol–water partition coefficient (Wildman–Crippen LogP) is 5.89. The molecule has 0 aliphatic heterocycles. The highest BCUT2D eigenvalue weighted by Crippen LogP contribution is 2.30. The van der Waals surface area contributed by atoms with Crippen LogP contribution in [-0.2, 0) is 6.42 Å². The summed E-state index contributed by atoms with van der Waals surface area (Å²) in [7, 11) is 0. The molecule has 0 radical (unpaired) electrons. The molecule has 0 unspecified atom stereocenters. The Morgan fingerprint density at radius 2 is 1.21 bits per heavy atom. The minimum absolute atomic E-state index is 0.665. The lowest BCUT2D eigenvalue weighted by Gasteiger charge is -2.11. The quantitative estimate of drug-likeness (QED) is 0.479. The smallest absolute Gasteiger partial charge is 0.0715 e. The van der Waals surface area contributed by atoms with Crippen molar-refractivity contribution in [1.29, 1.82) is 0 Å². The standard InChI is InChI=1S/C26H24N2/c1-19-7-11-22(12-8-19)25-17-24(21-5-3-2-4-6-21)18-26(28-25)23-13-9-20(10-14-23)15-16-27/h2-14,17-18H,15-16,27H2,1H3. The average molecular weight is 364 g/mol. The maximum atomic E-state index is 5.68. The summed E-state index contributed by atoms with van der Waals surface area (Å²) in [5.41, 5.74) is 14.8. The summed E-state index contributed by atoms with van der Waals surface area (Å²) >= 11 is 0. The highest BCUT2D eigenvalue weighted by atomic mass is 14.7. The number of hydrogen-bond donors (Lipinski definition) is 1. The van der Waals surface area contributed by atoms with Gasteiger partial charge in [-0.15, -0.1) is 0 Å². The van der Waals surface area contributed by atoms with Crippen molar-refractivity contribution in [2.24, 2.45) is 5.73 Å². The molecule has 2 N–H and O–H groups in total. The third-order valence-electron chi connectivity index (χ3n) is 4.96. The van der Waals surface area contributed by atoms with Gasteiger partial charge < -0.3 is 5.73 Å². The van der Waals surface area contributed by atoms with Gasteiger partial charge in [-0.1, -0.05) is 84.4 Å². The van der Waals surface area contributed by atoms with Gasteiger partial charge in [0.25, 0.3) is 0 Å². The summed E-state index contributed by atoms with van der Waals surface area (Å²) in [5, 5.41) is 0. The number of nitrogens with two attached hydrogens (primary N) is 1. The van der Waals surface area contributed by atoms with Crippen LogP contribution in [0.25, 0.3) is 33.6 Å². The molecule has 0 spiro atoms. The van der Waals surface area contributed by atoms with Crippen LogP contribution in [-0.4, -0.2) is 11.5 Å². The first-order chi connectivity index (χ1) is 13.7. The lowest BCUT2D eigenvalue weighted by atomic mass is 9.99. The van der Waals surface area contributed by atoms with Gasteiger partial charge in [0, 0.05) is 11.1 Å². The summed E-state index contributed by atoms with van der Waals surface area (Å²) < 4.78 is 0. The number of benzene rings is 3. The van der Waals surface area contributed by atoms with E-state index in [1.54, 1.807) is 0 Å². The van der Waals surface area contributed by atoms with E-state index in [0.29, 0.717) is 6.54 Å². The molecule has 4 aromatic rings. The molecule has 138 valence electrons. The Hall–Kier alpha value is -3.23. The van der Waals surface area contributed by atoms with Crippen LogP contribution < -0.4 is 5.73 Å². The summed E-state index contributed by atoms with van der Waals surface area (Å²) in [6.07, 6.45) is 0.895. The van der Waals surface area contributed by atoms with Crippen molar-refractivity contribution in [2.45, 2.75) is 13.3 Å². The van der Waals surface area contributed by atoms with Gasteiger partial charge in [-0.05, 0) is 48.7 Å². The molecule has 1 aromatic heterocycles. The van der Waals surface area contributed by atoms with Gasteiger partial charge in [-0.3, -0.25) is 0 Å². The summed E-state index contributed by atoms with van der Waals surface area (Å²) in [4.78, 5) is 4.98. The molecule has 0 fully saturated rings. The Kier molecular flexibility index (Phi) is 5.31. The van der Waals surface area contributed by atoms with E-state index >= 15 is 0 Å². The third kappa shape index (κ3) is 4.03. The van der Waals surface area contributed by atoms with Crippen LogP contribution in [0.5, 0.6) is 0 Å². The topological polar surface area (TPSA) is 38.9 Å². The Balaban J connectivity index is 1.83. The maximum absolute atomic E-state index is 5.68. The van der Waals surface area contributed by atoms with Gasteiger partial charge >= 0.3 is 0 Å². The van der Waals surface area contributed by atoms with Gasteiger partial charge in [-0.25, -0.2) is 4.98 Å². The van der Waals surface area contributed by atoms with E-state index in [4.69, 9.17) is 10.7 Å². The van der Waals surface area contributed by atoms with Crippen LogP contribution in [0.4, 0.5) is 0 Å². The lowest BCUT2D eigenvalue weighted by Crippen LogP contribution is -2.02. The Morgan fingerprint density at radius 1 is 0.643 bits per heavy atom. The molecule has 1 heterocycles. The van der Waals surface area contributed by atoms with Crippen LogP contribution in [0.3, 0.4) is 0 Å². The van der Waals surface area contributed by atoms with E-state index in [9.17, 15) is 0 Å². The number of aromatic nitrogens is 1. The monoisotopic (exact) mass is 364 g/mol. The number of pyridine rings is 1. The van der Waals surface area contributed by atoms with Crippen molar-refractivity contribution < 1.29 is 0 Å². The molecule has 28 heavy (non-hydrogen) atoms. The van der Waals surface area contributed by atoms with E-state index in [-0.39, 0.29) is 0 Å². The predicted molar refractivity (Wildman–Crippen MR) is 118 cm³/mol. The molecule has 3 aromatic carbocycles. The molecule has 0 aliphatic rings. The molecule has 0 bridgehead atoms. The second-order valence-electron chi connectivity index (χ2n) is 7.09. The molecular weight excluding hydrogens is 340 g/mol. The lowest BCUT2D eigenvalue weighted by molar-refractivity contribution is 0.969. The van der Waals surface area contributed by atoms with Crippen LogP contribution in [0.1, 0.15) is 11.1 Å². The minimum atomic E-state index is 0.665. The van der Waals surface area contributed by atoms with Crippen LogP contribution in [0.15, 0.2) is 91.0 Å². The van der Waals surface area contributed by atoms with Crippen LogP contribution in [0, 0.1) is 6.92 Å². The Morgan fingerprint density at radius 3 is 1.79 bits per heavy atom. The molecule has 2 nitrogen and oxygen atoms in total. The molecular formula is C26H24N2. The molecule has 2 heteroatoms. The van der Waals surface area contributed by atoms with E-state index in [1.807, 2.05) is 6.07 Å². The largest absolute Gasteiger partial charge is 0.330 e. The SMILES string of the molecule is Cc1ccc(-c2cc(-c3ccccc3)cc(-c3ccc(CCN)cc3)n2)cc1. The fourth-order valence-electron chi connectivity index (χ4n) is 3.36. The summed E-state index contributed by atoms with van der Waals surface area (Å²) in [6, 6.07) is 31.9. The van der Waals surface area contributed by atoms with Gasteiger partial charge in [0.1, 0.15) is 0 Å². The van der Waals surface area contributed by atoms with Crippen molar-refractivity contribution >= 4 is 0 Å². The second kappa shape index (κ2) is 8.20. The van der Waals surface area contributed by atoms with Gasteiger partial charge in [0.15, 0.2) is 0 Å². The van der Waals surface area contributed by atoms with E-state index < -0.39 is 0 Å². The molecule has 0 amide bonds. The zero-order chi connectivity index (χ0) is 19.3. The number of nitrogens with zero attached hydrogens (tertiary/aromatic N) is 1. The molecule has 0 saturated carbocycles. The highest BCUT2D eigenvalue weighted by molar-refractivity contribution is 5.76. The summed E-state index contributed by atoms with van der Waals surface area (Å²) in [6.45, 7) is 2.77. The van der Waals surface area contributed by atoms with Crippen molar-refractivity contribution in [3.8, 4) is 33.6 Å². The number of aryl methyl sites for hydroxylation is 1. The summed E-state index contributed by atoms with van der Waals surface area (Å²) in [5.74, 6) is 0. The first kappa shape index (κ1) is 18.1. The van der Waals surface area contributed by atoms with Crippen molar-refractivity contribution in [3.63, 3.8) is 0 Å². The van der Waals surface area contributed by atoms with Crippen LogP contribution in [0.2, 0.25) is 0 Å². The fraction of sp³-hybridized carbons (Fsp3) is 0.115. The average Bonchev–Trinajstić information content (AvgIpc) is 2.75. The molecule has 0 atom stereocenters. The molecule has 0 saturated heterocycles. The number of hydrogen-bond acceptors (Lipinski definition) is 2. The van der Waals surface area contributed by atoms with Crippen molar-refractivity contribution in [2.75, 3.05) is 6.54 Å². The van der Waals surface area contributed by atoms with Gasteiger partial charge in [0.2, 0.25) is 0 Å². The highest BCUT2D eigenvalue weighted by Gasteiger charge is 2.09. The zero-order valence-electron chi connectivity index (χ0n) is 16.1. The minimum Gasteiger partial charge on any atom is -0.330 e. The second-order valence-corrected chi connectivity index (χ2v) is 7.09. The number of rotatable bonds is 5. The van der Waals surface area contributed by atoms with E-state index in [1.165, 1.54) is 22.3 Å². The first-order valence-corrected chi connectivity index (χ1v) is 9.67. The Labute approximate surface area is 166 Å². The molecule has 4 rings (SSSR count). The zero-order valence-corrected chi connectivity index (χ0v) is 16.1. The van der Waals surface area contributed by atoms with E-state index in [0.717, 1.165) is 28.9 Å². The fourth-order valence-corrected chi connectivity index (χ4v) is 3.36. The first-order valence-electron chi connectivity index (χ1n) is 9.67. The normalized spacial score (nSPS) is 10.8. The molecule has 0 aliphatic carbocycles. The van der Waals surface area contributed by atoms with Gasteiger partial charge in [-0.2, -0.15) is 0 Å².